The molecule has 2 rings (SSSR count). The third-order valence-electron chi connectivity index (χ3n) is 2.45. The molecule has 9 heteroatoms. The molecule has 3 N–H and O–H groups in total. The number of aromatic nitrogens is 2. The van der Waals surface area contributed by atoms with Crippen molar-refractivity contribution in [2.45, 2.75) is 5.75 Å². The summed E-state index contributed by atoms with van der Waals surface area (Å²) in [6, 6.07) is 6.77. The van der Waals surface area contributed by atoms with Gasteiger partial charge in [-0.2, -0.15) is 0 Å². The molecule has 0 aliphatic carbocycles. The number of sulfonamides is 1. The zero-order valence-corrected chi connectivity index (χ0v) is 13.9. The fourth-order valence-corrected chi connectivity index (χ4v) is 3.04. The number of benzene rings is 1. The number of thiocarbonyl (C=S) groups is 1. The van der Waals surface area contributed by atoms with Gasteiger partial charge in [0.05, 0.1) is 18.1 Å². The van der Waals surface area contributed by atoms with E-state index in [2.05, 4.69) is 30.6 Å². The summed E-state index contributed by atoms with van der Waals surface area (Å²) in [6.45, 7) is 0. The minimum Gasteiger partial charge on any atom is -0.389 e. The molecule has 0 radical (unpaired) electrons. The highest BCUT2D eigenvalue weighted by Gasteiger charge is 2.13. The number of nitrogens with two attached hydrogens (primary N) is 1. The van der Waals surface area contributed by atoms with Gasteiger partial charge in [-0.3, -0.25) is 4.72 Å². The Balaban J connectivity index is 2.15. The van der Waals surface area contributed by atoms with Crippen LogP contribution < -0.4 is 10.5 Å². The molecular formula is C12H11BrN4O2S2. The zero-order valence-electron chi connectivity index (χ0n) is 10.7. The Morgan fingerprint density at radius 3 is 2.71 bits per heavy atom. The summed E-state index contributed by atoms with van der Waals surface area (Å²) in [6.07, 6.45) is 2.73. The molecule has 1 aromatic carbocycles. The number of halogens is 1. The number of anilines is 1. The van der Waals surface area contributed by atoms with Gasteiger partial charge in [0, 0.05) is 5.56 Å². The Morgan fingerprint density at radius 2 is 2.10 bits per heavy atom. The van der Waals surface area contributed by atoms with Gasteiger partial charge in [-0.15, -0.1) is 0 Å². The lowest BCUT2D eigenvalue weighted by atomic mass is 10.1. The topological polar surface area (TPSA) is 98.0 Å². The quantitative estimate of drug-likeness (QED) is 0.760. The third kappa shape index (κ3) is 4.73. The largest absolute Gasteiger partial charge is 0.389 e. The van der Waals surface area contributed by atoms with Gasteiger partial charge in [0.25, 0.3) is 0 Å². The molecule has 0 spiro atoms. The molecule has 0 saturated carbocycles. The standard InChI is InChI=1S/C12H11BrN4O2S2/c13-10-5-16-11(6-15-10)17-21(18,19)7-8-2-1-3-9(4-8)12(14)20/h1-6H,7H2,(H2,14,20)(H,16,17). The van der Waals surface area contributed by atoms with E-state index < -0.39 is 10.0 Å². The molecule has 0 unspecified atom stereocenters. The van der Waals surface area contributed by atoms with Crippen LogP contribution in [0.1, 0.15) is 11.1 Å². The van der Waals surface area contributed by atoms with Crippen LogP contribution in [0.4, 0.5) is 5.82 Å². The molecule has 0 bridgehead atoms. The van der Waals surface area contributed by atoms with Crippen LogP contribution in [0.3, 0.4) is 0 Å². The lowest BCUT2D eigenvalue weighted by Crippen LogP contribution is -2.17. The molecule has 1 aromatic heterocycles. The molecule has 1 heterocycles. The van der Waals surface area contributed by atoms with Crippen LogP contribution in [0.25, 0.3) is 0 Å². The first-order valence-corrected chi connectivity index (χ1v) is 8.58. The summed E-state index contributed by atoms with van der Waals surface area (Å²) in [7, 11) is -3.59. The Hall–Kier alpha value is -1.58. The van der Waals surface area contributed by atoms with E-state index in [0.717, 1.165) is 0 Å². The SMILES string of the molecule is NC(=S)c1cccc(CS(=O)(=O)Nc2cnc(Br)cn2)c1. The first-order chi connectivity index (χ1) is 9.85. The van der Waals surface area contributed by atoms with E-state index in [1.165, 1.54) is 12.4 Å². The van der Waals surface area contributed by atoms with Crippen LogP contribution in [-0.2, 0) is 15.8 Å². The van der Waals surface area contributed by atoms with Crippen LogP contribution in [0.5, 0.6) is 0 Å². The summed E-state index contributed by atoms with van der Waals surface area (Å²) >= 11 is 8.00. The van der Waals surface area contributed by atoms with E-state index in [4.69, 9.17) is 18.0 Å². The van der Waals surface area contributed by atoms with Crippen LogP contribution in [0.2, 0.25) is 0 Å². The highest BCUT2D eigenvalue weighted by atomic mass is 79.9. The second kappa shape index (κ2) is 6.46. The Kier molecular flexibility index (Phi) is 4.86. The van der Waals surface area contributed by atoms with Crippen molar-refractivity contribution in [2.24, 2.45) is 5.73 Å². The fraction of sp³-hybridized carbons (Fsp3) is 0.0833. The first-order valence-electron chi connectivity index (χ1n) is 5.72. The van der Waals surface area contributed by atoms with Crippen LogP contribution in [0.15, 0.2) is 41.3 Å². The van der Waals surface area contributed by atoms with E-state index in [1.54, 1.807) is 24.3 Å². The number of hydrogen-bond acceptors (Lipinski definition) is 5. The van der Waals surface area contributed by atoms with Crippen molar-refractivity contribution < 1.29 is 8.42 Å². The highest BCUT2D eigenvalue weighted by Crippen LogP contribution is 2.13. The summed E-state index contributed by atoms with van der Waals surface area (Å²) < 4.78 is 27.0. The van der Waals surface area contributed by atoms with Gasteiger partial charge in [0.2, 0.25) is 10.0 Å². The normalized spacial score (nSPS) is 11.1. The molecule has 0 fully saturated rings. The van der Waals surface area contributed by atoms with Crippen molar-refractivity contribution in [3.63, 3.8) is 0 Å². The molecule has 0 aliphatic rings. The maximum Gasteiger partial charge on any atom is 0.238 e. The second-order valence-electron chi connectivity index (χ2n) is 4.15. The molecule has 0 amide bonds. The summed E-state index contributed by atoms with van der Waals surface area (Å²) in [5, 5.41) is 0. The molecule has 0 saturated heterocycles. The molecule has 6 nitrogen and oxygen atoms in total. The van der Waals surface area contributed by atoms with Gasteiger partial charge >= 0.3 is 0 Å². The maximum atomic E-state index is 12.1. The van der Waals surface area contributed by atoms with Gasteiger partial charge < -0.3 is 5.73 Å². The van der Waals surface area contributed by atoms with E-state index in [1.807, 2.05) is 0 Å². The van der Waals surface area contributed by atoms with E-state index in [0.29, 0.717) is 15.7 Å². The van der Waals surface area contributed by atoms with Gasteiger partial charge in [0.1, 0.15) is 9.59 Å². The minimum atomic E-state index is -3.59. The first kappa shape index (κ1) is 15.8. The van der Waals surface area contributed by atoms with Gasteiger partial charge in [0.15, 0.2) is 5.82 Å². The monoisotopic (exact) mass is 386 g/mol. The summed E-state index contributed by atoms with van der Waals surface area (Å²) in [5.74, 6) is -0.0509. The van der Waals surface area contributed by atoms with Crippen molar-refractivity contribution in [1.82, 2.24) is 9.97 Å². The summed E-state index contributed by atoms with van der Waals surface area (Å²) in [4.78, 5) is 8.03. The smallest absolute Gasteiger partial charge is 0.238 e. The van der Waals surface area contributed by atoms with Crippen LogP contribution in [0, 0.1) is 0 Å². The van der Waals surface area contributed by atoms with Gasteiger partial charge in [-0.05, 0) is 27.6 Å². The zero-order chi connectivity index (χ0) is 15.5. The van der Waals surface area contributed by atoms with Crippen molar-refractivity contribution in [3.8, 4) is 0 Å². The van der Waals surface area contributed by atoms with Crippen LogP contribution in [-0.4, -0.2) is 23.4 Å². The van der Waals surface area contributed by atoms with Crippen LogP contribution >= 0.6 is 28.1 Å². The number of rotatable bonds is 5. The van der Waals surface area contributed by atoms with E-state index in [-0.39, 0.29) is 16.6 Å². The third-order valence-corrected chi connectivity index (χ3v) is 4.33. The van der Waals surface area contributed by atoms with Gasteiger partial charge in [-0.25, -0.2) is 18.4 Å². The van der Waals surface area contributed by atoms with Gasteiger partial charge in [-0.1, -0.05) is 30.4 Å². The average molecular weight is 387 g/mol. The maximum absolute atomic E-state index is 12.1. The molecule has 0 atom stereocenters. The minimum absolute atomic E-state index is 0.156. The molecular weight excluding hydrogens is 376 g/mol. The molecule has 2 aromatic rings. The Labute approximate surface area is 136 Å². The molecule has 0 aliphatic heterocycles. The molecule has 110 valence electrons. The van der Waals surface area contributed by atoms with Crippen molar-refractivity contribution in [2.75, 3.05) is 4.72 Å². The predicted molar refractivity (Wildman–Crippen MR) is 88.3 cm³/mol. The summed E-state index contributed by atoms with van der Waals surface area (Å²) in [5.41, 5.74) is 6.74. The van der Waals surface area contributed by atoms with Crippen molar-refractivity contribution >= 4 is 49.0 Å². The lowest BCUT2D eigenvalue weighted by Gasteiger charge is -2.08. The van der Waals surface area contributed by atoms with Crippen molar-refractivity contribution in [3.05, 3.63) is 52.4 Å². The Morgan fingerprint density at radius 1 is 1.33 bits per heavy atom. The fourth-order valence-electron chi connectivity index (χ4n) is 1.59. The van der Waals surface area contributed by atoms with E-state index >= 15 is 0 Å². The van der Waals surface area contributed by atoms with E-state index in [9.17, 15) is 8.42 Å². The average Bonchev–Trinajstić information content (AvgIpc) is 2.41. The second-order valence-corrected chi connectivity index (χ2v) is 7.12. The molecule has 21 heavy (non-hydrogen) atoms. The lowest BCUT2D eigenvalue weighted by molar-refractivity contribution is 0.600. The highest BCUT2D eigenvalue weighted by molar-refractivity contribution is 9.10. The Bertz CT molecular complexity index is 763. The number of nitrogens with one attached hydrogen (secondary N) is 1. The van der Waals surface area contributed by atoms with Crippen molar-refractivity contribution in [1.29, 1.82) is 0 Å². The number of nitrogens with zero attached hydrogens (tertiary/aromatic N) is 2. The predicted octanol–water partition coefficient (Wildman–Crippen LogP) is 1.82. The number of hydrogen-bond donors (Lipinski definition) is 2.